The normalized spacial score (nSPS) is 18.9. The Morgan fingerprint density at radius 1 is 0.926 bits per heavy atom. The van der Waals surface area contributed by atoms with E-state index in [-0.39, 0.29) is 12.1 Å². The zero-order chi connectivity index (χ0) is 20.0. The molecule has 1 aliphatic rings. The molecule has 1 fully saturated rings. The number of carbonyl (C=O) groups is 1. The van der Waals surface area contributed by atoms with E-state index in [1.165, 1.54) is 64.2 Å². The molecule has 1 aliphatic heterocycles. The first-order chi connectivity index (χ1) is 12.9. The fraction of sp³-hybridized carbons (Fsp3) is 0.957. The summed E-state index contributed by atoms with van der Waals surface area (Å²) in [6.07, 6.45) is 16.1. The predicted octanol–water partition coefficient (Wildman–Crippen LogP) is 6.41. The van der Waals surface area contributed by atoms with Gasteiger partial charge in [-0.3, -0.25) is 4.79 Å². The summed E-state index contributed by atoms with van der Waals surface area (Å²) in [6, 6.07) is 0. The van der Waals surface area contributed by atoms with Gasteiger partial charge in [0, 0.05) is 6.42 Å². The average molecular weight is 385 g/mol. The molecular formula is C23H44O4. The van der Waals surface area contributed by atoms with Crippen LogP contribution in [0.2, 0.25) is 0 Å². The predicted molar refractivity (Wildman–Crippen MR) is 111 cm³/mol. The van der Waals surface area contributed by atoms with Gasteiger partial charge in [-0.05, 0) is 26.2 Å². The van der Waals surface area contributed by atoms with Crippen molar-refractivity contribution in [3.63, 3.8) is 0 Å². The van der Waals surface area contributed by atoms with Crippen molar-refractivity contribution in [3.05, 3.63) is 0 Å². The lowest BCUT2D eigenvalue weighted by atomic mass is 10.0. The van der Waals surface area contributed by atoms with Gasteiger partial charge in [-0.2, -0.15) is 0 Å². The van der Waals surface area contributed by atoms with E-state index >= 15 is 0 Å². The van der Waals surface area contributed by atoms with Gasteiger partial charge in [0.25, 0.3) is 0 Å². The maximum atomic E-state index is 11.8. The second kappa shape index (κ2) is 14.4. The van der Waals surface area contributed by atoms with Crippen molar-refractivity contribution in [1.82, 2.24) is 0 Å². The number of esters is 1. The molecule has 1 atom stereocenters. The summed E-state index contributed by atoms with van der Waals surface area (Å²) in [5.74, 6) is 0.195. The first kappa shape index (κ1) is 24.4. The van der Waals surface area contributed by atoms with Crippen molar-refractivity contribution >= 4 is 5.97 Å². The Morgan fingerprint density at radius 3 is 1.93 bits per heavy atom. The maximum absolute atomic E-state index is 11.8. The highest BCUT2D eigenvalue weighted by Crippen LogP contribution is 2.22. The van der Waals surface area contributed by atoms with E-state index in [0.717, 1.165) is 18.8 Å². The summed E-state index contributed by atoms with van der Waals surface area (Å²) in [5, 5.41) is 0. The summed E-state index contributed by atoms with van der Waals surface area (Å²) in [7, 11) is 0. The van der Waals surface area contributed by atoms with Crippen LogP contribution in [0.3, 0.4) is 0 Å². The summed E-state index contributed by atoms with van der Waals surface area (Å²) < 4.78 is 16.4. The second-order valence-electron chi connectivity index (χ2n) is 8.96. The van der Waals surface area contributed by atoms with Crippen molar-refractivity contribution in [2.75, 3.05) is 13.2 Å². The SMILES string of the molecule is CC(C)CCCCCCCCCCCCCC(=O)OCC1COC(C)(C)O1. The van der Waals surface area contributed by atoms with Gasteiger partial charge in [0.15, 0.2) is 5.79 Å². The molecule has 0 radical (unpaired) electrons. The molecule has 0 aliphatic carbocycles. The van der Waals surface area contributed by atoms with Crippen LogP contribution >= 0.6 is 0 Å². The fourth-order valence-electron chi connectivity index (χ4n) is 3.52. The topological polar surface area (TPSA) is 44.8 Å². The minimum atomic E-state index is -0.551. The monoisotopic (exact) mass is 384 g/mol. The molecule has 0 saturated carbocycles. The largest absolute Gasteiger partial charge is 0.463 e. The quantitative estimate of drug-likeness (QED) is 0.228. The van der Waals surface area contributed by atoms with Crippen LogP contribution in [-0.4, -0.2) is 31.1 Å². The first-order valence-corrected chi connectivity index (χ1v) is 11.4. The Balaban J connectivity index is 1.79. The summed E-state index contributed by atoms with van der Waals surface area (Å²) >= 11 is 0. The van der Waals surface area contributed by atoms with E-state index in [2.05, 4.69) is 13.8 Å². The average Bonchev–Trinajstić information content (AvgIpc) is 2.96. The van der Waals surface area contributed by atoms with Crippen molar-refractivity contribution in [1.29, 1.82) is 0 Å². The molecule has 1 heterocycles. The third kappa shape index (κ3) is 14.1. The van der Waals surface area contributed by atoms with E-state index in [4.69, 9.17) is 14.2 Å². The molecule has 1 rings (SSSR count). The van der Waals surface area contributed by atoms with Crippen LogP contribution in [0.5, 0.6) is 0 Å². The van der Waals surface area contributed by atoms with E-state index < -0.39 is 5.79 Å². The summed E-state index contributed by atoms with van der Waals surface area (Å²) in [5.41, 5.74) is 0. The first-order valence-electron chi connectivity index (χ1n) is 11.4. The van der Waals surface area contributed by atoms with Crippen LogP contribution in [0.15, 0.2) is 0 Å². The molecule has 0 aromatic carbocycles. The Hall–Kier alpha value is -0.610. The summed E-state index contributed by atoms with van der Waals surface area (Å²) in [4.78, 5) is 11.8. The Bertz CT molecular complexity index is 379. The molecule has 0 aromatic heterocycles. The van der Waals surface area contributed by atoms with Gasteiger partial charge in [0.1, 0.15) is 12.7 Å². The van der Waals surface area contributed by atoms with Crippen LogP contribution in [0.4, 0.5) is 0 Å². The number of rotatable bonds is 16. The molecule has 0 N–H and O–H groups in total. The number of ether oxygens (including phenoxy) is 3. The van der Waals surface area contributed by atoms with Crippen LogP contribution in [0.25, 0.3) is 0 Å². The van der Waals surface area contributed by atoms with Crippen molar-refractivity contribution in [2.45, 2.75) is 123 Å². The lowest BCUT2D eigenvalue weighted by Gasteiger charge is -2.16. The van der Waals surface area contributed by atoms with Crippen LogP contribution in [0, 0.1) is 5.92 Å². The standard InChI is InChI=1S/C23H44O4/c1-20(2)16-14-12-10-8-6-5-7-9-11-13-15-17-22(24)25-18-21-19-26-23(3,4)27-21/h20-21H,5-19H2,1-4H3. The number of hydrogen-bond acceptors (Lipinski definition) is 4. The molecule has 4 nitrogen and oxygen atoms in total. The molecule has 27 heavy (non-hydrogen) atoms. The molecular weight excluding hydrogens is 340 g/mol. The fourth-order valence-corrected chi connectivity index (χ4v) is 3.52. The third-order valence-corrected chi connectivity index (χ3v) is 5.16. The number of unbranched alkanes of at least 4 members (excludes halogenated alkanes) is 10. The van der Waals surface area contributed by atoms with E-state index in [1.54, 1.807) is 0 Å². The van der Waals surface area contributed by atoms with Gasteiger partial charge < -0.3 is 14.2 Å². The van der Waals surface area contributed by atoms with Crippen molar-refractivity contribution in [2.24, 2.45) is 5.92 Å². The van der Waals surface area contributed by atoms with E-state index in [1.807, 2.05) is 13.8 Å². The van der Waals surface area contributed by atoms with Crippen molar-refractivity contribution in [3.8, 4) is 0 Å². The van der Waals surface area contributed by atoms with Gasteiger partial charge in [-0.25, -0.2) is 0 Å². The van der Waals surface area contributed by atoms with Gasteiger partial charge in [-0.1, -0.05) is 84.5 Å². The molecule has 0 spiro atoms. The van der Waals surface area contributed by atoms with Gasteiger partial charge in [0.2, 0.25) is 0 Å². The maximum Gasteiger partial charge on any atom is 0.305 e. The molecule has 0 aromatic rings. The highest BCUT2D eigenvalue weighted by molar-refractivity contribution is 5.69. The smallest absolute Gasteiger partial charge is 0.305 e. The minimum absolute atomic E-state index is 0.110. The van der Waals surface area contributed by atoms with Crippen LogP contribution in [-0.2, 0) is 19.0 Å². The zero-order valence-corrected chi connectivity index (χ0v) is 18.4. The van der Waals surface area contributed by atoms with E-state index in [0.29, 0.717) is 19.6 Å². The number of carbonyl (C=O) groups excluding carboxylic acids is 1. The van der Waals surface area contributed by atoms with Gasteiger partial charge >= 0.3 is 5.97 Å². The third-order valence-electron chi connectivity index (χ3n) is 5.16. The molecule has 160 valence electrons. The lowest BCUT2D eigenvalue weighted by Crippen LogP contribution is -2.25. The highest BCUT2D eigenvalue weighted by atomic mass is 16.7. The highest BCUT2D eigenvalue weighted by Gasteiger charge is 2.33. The number of hydrogen-bond donors (Lipinski definition) is 0. The minimum Gasteiger partial charge on any atom is -0.463 e. The molecule has 1 saturated heterocycles. The second-order valence-corrected chi connectivity index (χ2v) is 8.96. The Kier molecular flexibility index (Phi) is 13.0. The van der Waals surface area contributed by atoms with Crippen molar-refractivity contribution < 1.29 is 19.0 Å². The summed E-state index contributed by atoms with van der Waals surface area (Å²) in [6.45, 7) is 9.18. The Morgan fingerprint density at radius 2 is 1.44 bits per heavy atom. The molecule has 4 heteroatoms. The van der Waals surface area contributed by atoms with Crippen LogP contribution < -0.4 is 0 Å². The van der Waals surface area contributed by atoms with E-state index in [9.17, 15) is 4.79 Å². The zero-order valence-electron chi connectivity index (χ0n) is 18.4. The van der Waals surface area contributed by atoms with Crippen LogP contribution in [0.1, 0.15) is 111 Å². The van der Waals surface area contributed by atoms with Gasteiger partial charge in [-0.15, -0.1) is 0 Å². The molecule has 0 bridgehead atoms. The molecule has 1 unspecified atom stereocenters. The molecule has 0 amide bonds. The van der Waals surface area contributed by atoms with Gasteiger partial charge in [0.05, 0.1) is 6.61 Å². The lowest BCUT2D eigenvalue weighted by molar-refractivity contribution is -0.158. The Labute approximate surface area is 167 Å².